The van der Waals surface area contributed by atoms with Gasteiger partial charge in [-0.15, -0.1) is 0 Å². The number of H-pyrrole nitrogens is 1. The second-order valence-corrected chi connectivity index (χ2v) is 9.02. The van der Waals surface area contributed by atoms with E-state index in [1.807, 2.05) is 18.2 Å². The molecule has 0 radical (unpaired) electrons. The summed E-state index contributed by atoms with van der Waals surface area (Å²) in [6.45, 7) is 0.314. The lowest BCUT2D eigenvalue weighted by molar-refractivity contribution is 0.0952. The van der Waals surface area contributed by atoms with E-state index < -0.39 is 10.0 Å². The van der Waals surface area contributed by atoms with E-state index in [2.05, 4.69) is 21.1 Å². The molecule has 0 spiro atoms. The molecule has 0 aliphatic heterocycles. The maximum absolute atomic E-state index is 12.8. The molecule has 1 heterocycles. The molecule has 0 saturated heterocycles. The molecule has 6 nitrogen and oxygen atoms in total. The summed E-state index contributed by atoms with van der Waals surface area (Å²) in [6, 6.07) is 12.8. The first-order valence-corrected chi connectivity index (χ1v) is 11.3. The van der Waals surface area contributed by atoms with E-state index in [9.17, 15) is 13.2 Å². The molecule has 0 saturated carbocycles. The highest BCUT2D eigenvalue weighted by Gasteiger charge is 2.19. The molecule has 0 bridgehead atoms. The largest absolute Gasteiger partial charge is 0.358 e. The van der Waals surface area contributed by atoms with Gasteiger partial charge in [0.25, 0.3) is 5.91 Å². The summed E-state index contributed by atoms with van der Waals surface area (Å²) in [5.41, 5.74) is 5.43. The first-order chi connectivity index (χ1) is 13.4. The van der Waals surface area contributed by atoms with Crippen molar-refractivity contribution in [2.75, 3.05) is 11.0 Å². The quantitative estimate of drug-likeness (QED) is 0.617. The molecule has 0 unspecified atom stereocenters. The number of aryl methyl sites for hydroxylation is 2. The fourth-order valence-corrected chi connectivity index (χ4v) is 4.41. The standard InChI is InChI=1S/C21H23N3O3S/c1-28(26,27)24-15-7-4-6-14(12-15)13-22-21(25)18-10-5-9-17-16-8-2-3-11-19(16)23-20(17)18/h4-7,9-10,12,23-24H,2-3,8,11,13H2,1H3,(H,22,25). The van der Waals surface area contributed by atoms with E-state index in [1.165, 1.54) is 24.1 Å². The number of amides is 1. The number of para-hydroxylation sites is 1. The number of hydrogen-bond donors (Lipinski definition) is 3. The lowest BCUT2D eigenvalue weighted by atomic mass is 9.95. The highest BCUT2D eigenvalue weighted by Crippen LogP contribution is 2.30. The van der Waals surface area contributed by atoms with E-state index in [0.717, 1.165) is 35.6 Å². The van der Waals surface area contributed by atoms with Gasteiger partial charge in [0.2, 0.25) is 10.0 Å². The number of nitrogens with one attached hydrogen (secondary N) is 3. The van der Waals surface area contributed by atoms with Gasteiger partial charge in [-0.1, -0.05) is 24.3 Å². The zero-order chi connectivity index (χ0) is 19.7. The van der Waals surface area contributed by atoms with Crippen molar-refractivity contribution in [1.29, 1.82) is 0 Å². The van der Waals surface area contributed by atoms with Crippen LogP contribution in [0.1, 0.15) is 40.0 Å². The zero-order valence-corrected chi connectivity index (χ0v) is 16.5. The summed E-state index contributed by atoms with van der Waals surface area (Å²) >= 11 is 0. The smallest absolute Gasteiger partial charge is 0.253 e. The molecule has 0 fully saturated rings. The van der Waals surface area contributed by atoms with Gasteiger partial charge in [0.1, 0.15) is 0 Å². The average Bonchev–Trinajstić information content (AvgIpc) is 3.04. The molecule has 1 aliphatic rings. The van der Waals surface area contributed by atoms with Crippen LogP contribution in [0.4, 0.5) is 5.69 Å². The minimum atomic E-state index is -3.34. The molecule has 4 rings (SSSR count). The Morgan fingerprint density at radius 2 is 1.89 bits per heavy atom. The Morgan fingerprint density at radius 3 is 2.71 bits per heavy atom. The van der Waals surface area contributed by atoms with E-state index in [0.29, 0.717) is 17.8 Å². The van der Waals surface area contributed by atoms with Crippen molar-refractivity contribution in [2.45, 2.75) is 32.2 Å². The summed E-state index contributed by atoms with van der Waals surface area (Å²) in [5, 5.41) is 4.08. The molecule has 3 N–H and O–H groups in total. The zero-order valence-electron chi connectivity index (χ0n) is 15.7. The van der Waals surface area contributed by atoms with Crippen molar-refractivity contribution >= 4 is 32.5 Å². The number of sulfonamides is 1. The maximum atomic E-state index is 12.8. The summed E-state index contributed by atoms with van der Waals surface area (Å²) < 4.78 is 25.2. The highest BCUT2D eigenvalue weighted by molar-refractivity contribution is 7.92. The predicted molar refractivity (Wildman–Crippen MR) is 111 cm³/mol. The third-order valence-electron chi connectivity index (χ3n) is 5.06. The number of aromatic amines is 1. The van der Waals surface area contributed by atoms with Crippen LogP contribution in [-0.2, 0) is 29.4 Å². The Labute approximate surface area is 164 Å². The van der Waals surface area contributed by atoms with Gasteiger partial charge in [-0.25, -0.2) is 8.42 Å². The SMILES string of the molecule is CS(=O)(=O)Nc1cccc(CNC(=O)c2cccc3c4c([nH]c23)CCCC4)c1. The fraction of sp³-hybridized carbons (Fsp3) is 0.286. The number of fused-ring (bicyclic) bond motifs is 3. The lowest BCUT2D eigenvalue weighted by Gasteiger charge is -2.10. The Bertz CT molecular complexity index is 1150. The van der Waals surface area contributed by atoms with Crippen LogP contribution in [0.2, 0.25) is 0 Å². The minimum absolute atomic E-state index is 0.148. The van der Waals surface area contributed by atoms with Gasteiger partial charge >= 0.3 is 0 Å². The molecular weight excluding hydrogens is 374 g/mol. The first kappa shape index (κ1) is 18.6. The van der Waals surface area contributed by atoms with E-state index in [4.69, 9.17) is 0 Å². The molecular formula is C21H23N3O3S. The van der Waals surface area contributed by atoms with Crippen molar-refractivity contribution in [3.8, 4) is 0 Å². The second-order valence-electron chi connectivity index (χ2n) is 7.27. The second kappa shape index (κ2) is 7.31. The molecule has 28 heavy (non-hydrogen) atoms. The van der Waals surface area contributed by atoms with Crippen LogP contribution in [0.15, 0.2) is 42.5 Å². The van der Waals surface area contributed by atoms with Crippen LogP contribution in [0.5, 0.6) is 0 Å². The van der Waals surface area contributed by atoms with E-state index >= 15 is 0 Å². The van der Waals surface area contributed by atoms with Crippen LogP contribution in [0.3, 0.4) is 0 Å². The Balaban J connectivity index is 1.53. The Kier molecular flexibility index (Phi) is 4.85. The Morgan fingerprint density at radius 1 is 1.11 bits per heavy atom. The molecule has 7 heteroatoms. The summed E-state index contributed by atoms with van der Waals surface area (Å²) in [5.74, 6) is -0.148. The van der Waals surface area contributed by atoms with Crippen LogP contribution in [0, 0.1) is 0 Å². The fourth-order valence-electron chi connectivity index (χ4n) is 3.86. The van der Waals surface area contributed by atoms with E-state index in [1.54, 1.807) is 18.2 Å². The number of hydrogen-bond acceptors (Lipinski definition) is 3. The van der Waals surface area contributed by atoms with Crippen LogP contribution in [0.25, 0.3) is 10.9 Å². The van der Waals surface area contributed by atoms with Gasteiger partial charge in [0.15, 0.2) is 0 Å². The van der Waals surface area contributed by atoms with Crippen LogP contribution >= 0.6 is 0 Å². The first-order valence-electron chi connectivity index (χ1n) is 9.38. The molecule has 1 aliphatic carbocycles. The number of anilines is 1. The molecule has 2 aromatic carbocycles. The van der Waals surface area contributed by atoms with Gasteiger partial charge in [-0.3, -0.25) is 9.52 Å². The number of carbonyl (C=O) groups is 1. The minimum Gasteiger partial charge on any atom is -0.358 e. The normalized spacial score (nSPS) is 13.9. The van der Waals surface area contributed by atoms with Crippen molar-refractivity contribution < 1.29 is 13.2 Å². The summed E-state index contributed by atoms with van der Waals surface area (Å²) in [6.07, 6.45) is 5.57. The van der Waals surface area contributed by atoms with Crippen molar-refractivity contribution in [3.05, 3.63) is 64.8 Å². The van der Waals surface area contributed by atoms with Crippen molar-refractivity contribution in [2.24, 2.45) is 0 Å². The molecule has 3 aromatic rings. The maximum Gasteiger partial charge on any atom is 0.253 e. The lowest BCUT2D eigenvalue weighted by Crippen LogP contribution is -2.23. The van der Waals surface area contributed by atoms with E-state index in [-0.39, 0.29) is 5.91 Å². The van der Waals surface area contributed by atoms with Gasteiger partial charge in [0.05, 0.1) is 17.3 Å². The highest BCUT2D eigenvalue weighted by atomic mass is 32.2. The van der Waals surface area contributed by atoms with Crippen molar-refractivity contribution in [1.82, 2.24) is 10.3 Å². The topological polar surface area (TPSA) is 91.1 Å². The molecule has 1 aromatic heterocycles. The number of carbonyl (C=O) groups excluding carboxylic acids is 1. The average molecular weight is 398 g/mol. The summed E-state index contributed by atoms with van der Waals surface area (Å²) in [7, 11) is -3.34. The number of benzene rings is 2. The Hall–Kier alpha value is -2.80. The predicted octanol–water partition coefficient (Wildman–Crippen LogP) is 3.35. The molecule has 146 valence electrons. The monoisotopic (exact) mass is 397 g/mol. The third-order valence-corrected chi connectivity index (χ3v) is 5.67. The molecule has 0 atom stereocenters. The van der Waals surface area contributed by atoms with Gasteiger partial charge in [-0.2, -0.15) is 0 Å². The van der Waals surface area contributed by atoms with Gasteiger partial charge in [-0.05, 0) is 55.0 Å². The van der Waals surface area contributed by atoms with Crippen molar-refractivity contribution in [3.63, 3.8) is 0 Å². The third kappa shape index (κ3) is 3.89. The van der Waals surface area contributed by atoms with Gasteiger partial charge < -0.3 is 10.3 Å². The van der Waals surface area contributed by atoms with Gasteiger partial charge in [0, 0.05) is 23.3 Å². The van der Waals surface area contributed by atoms with Crippen LogP contribution < -0.4 is 10.0 Å². The number of aromatic nitrogens is 1. The van der Waals surface area contributed by atoms with Crippen LogP contribution in [-0.4, -0.2) is 25.6 Å². The number of rotatable bonds is 5. The molecule has 1 amide bonds. The summed E-state index contributed by atoms with van der Waals surface area (Å²) in [4.78, 5) is 16.3.